The molecule has 0 radical (unpaired) electrons. The van der Waals surface area contributed by atoms with Crippen molar-refractivity contribution in [3.05, 3.63) is 64.7 Å². The molecule has 8 heteroatoms. The Bertz CT molecular complexity index is 1240. The summed E-state index contributed by atoms with van der Waals surface area (Å²) in [7, 11) is 0. The van der Waals surface area contributed by atoms with Crippen LogP contribution < -0.4 is 4.74 Å². The molecular formula is C25H22N4O4. The molecule has 4 atom stereocenters. The molecule has 1 N–H and O–H groups in total. The highest BCUT2D eigenvalue weighted by Crippen LogP contribution is 2.48. The summed E-state index contributed by atoms with van der Waals surface area (Å²) in [6.45, 7) is 3.81. The summed E-state index contributed by atoms with van der Waals surface area (Å²) in [6.07, 6.45) is -1.15. The number of nitriles is 2. The second kappa shape index (κ2) is 7.61. The van der Waals surface area contributed by atoms with Gasteiger partial charge in [-0.1, -0.05) is 12.1 Å². The van der Waals surface area contributed by atoms with Gasteiger partial charge in [-0.05, 0) is 56.2 Å². The summed E-state index contributed by atoms with van der Waals surface area (Å²) in [4.78, 5) is 12.8. The second-order valence-corrected chi connectivity index (χ2v) is 9.14. The molecule has 1 fully saturated rings. The van der Waals surface area contributed by atoms with Gasteiger partial charge in [-0.2, -0.15) is 10.5 Å². The van der Waals surface area contributed by atoms with E-state index >= 15 is 0 Å². The van der Waals surface area contributed by atoms with E-state index in [-0.39, 0.29) is 24.3 Å². The average molecular weight is 442 g/mol. The number of amides is 1. The molecule has 2 aromatic rings. The van der Waals surface area contributed by atoms with Gasteiger partial charge in [-0.15, -0.1) is 5.10 Å². The van der Waals surface area contributed by atoms with Crippen molar-refractivity contribution < 1.29 is 19.4 Å². The number of nitrogens with zero attached hydrogens (tertiary/aromatic N) is 4. The van der Waals surface area contributed by atoms with Crippen LogP contribution in [0.5, 0.6) is 5.75 Å². The van der Waals surface area contributed by atoms with Gasteiger partial charge in [0.1, 0.15) is 17.5 Å². The Labute approximate surface area is 191 Å². The number of rotatable bonds is 3. The minimum absolute atomic E-state index is 0.0586. The number of carbonyl (C=O) groups excluding carboxylic acids is 1. The summed E-state index contributed by atoms with van der Waals surface area (Å²) < 4.78 is 12.2. The van der Waals surface area contributed by atoms with Gasteiger partial charge in [0, 0.05) is 11.5 Å². The van der Waals surface area contributed by atoms with E-state index in [1.54, 1.807) is 56.3 Å². The second-order valence-electron chi connectivity index (χ2n) is 9.14. The molecule has 0 spiro atoms. The van der Waals surface area contributed by atoms with E-state index in [1.165, 1.54) is 5.01 Å². The van der Waals surface area contributed by atoms with E-state index in [4.69, 9.17) is 14.7 Å². The van der Waals surface area contributed by atoms with E-state index in [9.17, 15) is 15.2 Å². The summed E-state index contributed by atoms with van der Waals surface area (Å²) in [5, 5.41) is 35.3. The zero-order valence-corrected chi connectivity index (χ0v) is 18.2. The molecule has 2 heterocycles. The maximum atomic E-state index is 12.8. The van der Waals surface area contributed by atoms with Crippen molar-refractivity contribution in [3.8, 4) is 17.9 Å². The van der Waals surface area contributed by atoms with Crippen LogP contribution in [-0.4, -0.2) is 33.6 Å². The fourth-order valence-corrected chi connectivity index (χ4v) is 4.33. The van der Waals surface area contributed by atoms with Crippen molar-refractivity contribution in [2.24, 2.45) is 16.9 Å². The average Bonchev–Trinajstić information content (AvgIpc) is 3.61. The fraction of sp³-hybridized carbons (Fsp3) is 0.360. The van der Waals surface area contributed by atoms with Crippen LogP contribution in [0.4, 0.5) is 0 Å². The number of ether oxygens (including phenoxy) is 2. The minimum atomic E-state index is -1.01. The van der Waals surface area contributed by atoms with E-state index in [1.807, 2.05) is 0 Å². The molecule has 8 nitrogen and oxygen atoms in total. The third-order valence-corrected chi connectivity index (χ3v) is 6.38. The minimum Gasteiger partial charge on any atom is -0.485 e. The molecule has 166 valence electrons. The molecule has 0 unspecified atom stereocenters. The lowest BCUT2D eigenvalue weighted by Crippen LogP contribution is -2.50. The number of carbonyl (C=O) groups is 1. The molecule has 3 aliphatic rings. The summed E-state index contributed by atoms with van der Waals surface area (Å²) >= 11 is 0. The quantitative estimate of drug-likeness (QED) is 0.780. The number of hydrazone groups is 1. The number of fused-ring (bicyclic) bond motifs is 2. The monoisotopic (exact) mass is 442 g/mol. The normalized spacial score (nSPS) is 26.6. The number of aliphatic hydroxyl groups excluding tert-OH is 1. The van der Waals surface area contributed by atoms with Crippen molar-refractivity contribution in [1.82, 2.24) is 5.01 Å². The molecule has 1 saturated carbocycles. The molecule has 0 saturated heterocycles. The highest BCUT2D eigenvalue weighted by Gasteiger charge is 2.55. The Kier molecular flexibility index (Phi) is 4.84. The predicted molar refractivity (Wildman–Crippen MR) is 116 cm³/mol. The Morgan fingerprint density at radius 1 is 1.15 bits per heavy atom. The molecule has 33 heavy (non-hydrogen) atoms. The van der Waals surface area contributed by atoms with Crippen LogP contribution in [0.2, 0.25) is 0 Å². The Morgan fingerprint density at radius 3 is 2.55 bits per heavy atom. The Morgan fingerprint density at radius 2 is 1.85 bits per heavy atom. The summed E-state index contributed by atoms with van der Waals surface area (Å²) in [5.74, 6) is 0.588. The first-order valence-corrected chi connectivity index (χ1v) is 10.8. The third kappa shape index (κ3) is 3.69. The van der Waals surface area contributed by atoms with Gasteiger partial charge in [-0.25, -0.2) is 5.01 Å². The fourth-order valence-electron chi connectivity index (χ4n) is 4.33. The van der Waals surface area contributed by atoms with Gasteiger partial charge in [0.25, 0.3) is 0 Å². The van der Waals surface area contributed by atoms with Crippen molar-refractivity contribution in [3.63, 3.8) is 0 Å². The zero-order valence-electron chi connectivity index (χ0n) is 18.2. The first-order valence-electron chi connectivity index (χ1n) is 10.8. The van der Waals surface area contributed by atoms with E-state index in [0.717, 1.165) is 5.56 Å². The smallest absolute Gasteiger partial charge is 0.247 e. The van der Waals surface area contributed by atoms with Crippen LogP contribution in [0.15, 0.2) is 47.6 Å². The predicted octanol–water partition coefficient (Wildman–Crippen LogP) is 3.01. The van der Waals surface area contributed by atoms with E-state index in [2.05, 4.69) is 17.2 Å². The molecule has 1 amide bonds. The lowest BCUT2D eigenvalue weighted by atomic mass is 9.87. The summed E-state index contributed by atoms with van der Waals surface area (Å²) in [5.41, 5.74) is 1.50. The topological polar surface area (TPSA) is 119 Å². The van der Waals surface area contributed by atoms with Gasteiger partial charge < -0.3 is 14.6 Å². The van der Waals surface area contributed by atoms with Gasteiger partial charge in [0.05, 0.1) is 35.7 Å². The molecule has 5 rings (SSSR count). The SMILES string of the molecule is CC1(C)Oc2ccc(C#N)cc2[C@@H](OC2=NN(Cc3ccc(C#N)cc3)C(=O)[C@H]3C[C@@H]23)[C@@H]1O. The van der Waals surface area contributed by atoms with Crippen molar-refractivity contribution in [2.45, 2.75) is 44.6 Å². The largest absolute Gasteiger partial charge is 0.485 e. The molecule has 1 aliphatic carbocycles. The van der Waals surface area contributed by atoms with Crippen LogP contribution in [0.25, 0.3) is 0 Å². The molecular weight excluding hydrogens is 420 g/mol. The van der Waals surface area contributed by atoms with Crippen LogP contribution in [0.3, 0.4) is 0 Å². The standard InChI is InChI=1S/C25H22N4O4/c1-25(2)22(30)21(19-9-16(12-27)7-8-20(19)33-25)32-23-17-10-18(17)24(31)29(28-23)13-15-5-3-14(11-26)4-6-15/h3-9,17-18,21-22,30H,10,13H2,1-2H3/t17-,18+,21-,22+/m1/s1. The molecule has 2 aromatic carbocycles. The van der Waals surface area contributed by atoms with Crippen molar-refractivity contribution in [1.29, 1.82) is 10.5 Å². The Hall–Kier alpha value is -3.88. The lowest BCUT2D eigenvalue weighted by molar-refractivity contribution is -0.135. The van der Waals surface area contributed by atoms with Gasteiger partial charge >= 0.3 is 0 Å². The number of benzene rings is 2. The van der Waals surface area contributed by atoms with Crippen LogP contribution in [0, 0.1) is 34.5 Å². The maximum absolute atomic E-state index is 12.8. The lowest BCUT2D eigenvalue weighted by Gasteiger charge is -2.42. The highest BCUT2D eigenvalue weighted by molar-refractivity contribution is 5.96. The van der Waals surface area contributed by atoms with Gasteiger partial charge in [0.15, 0.2) is 6.10 Å². The van der Waals surface area contributed by atoms with Crippen molar-refractivity contribution >= 4 is 11.8 Å². The van der Waals surface area contributed by atoms with E-state index < -0.39 is 17.8 Å². The van der Waals surface area contributed by atoms with E-state index in [0.29, 0.717) is 34.8 Å². The molecule has 0 bridgehead atoms. The highest BCUT2D eigenvalue weighted by atomic mass is 16.5. The van der Waals surface area contributed by atoms with Gasteiger partial charge in [-0.3, -0.25) is 4.79 Å². The number of hydrogen-bond acceptors (Lipinski definition) is 7. The number of aliphatic hydroxyl groups is 1. The molecule has 2 aliphatic heterocycles. The Balaban J connectivity index is 1.45. The first kappa shape index (κ1) is 21.0. The third-order valence-electron chi connectivity index (χ3n) is 6.38. The van der Waals surface area contributed by atoms with Crippen molar-refractivity contribution in [2.75, 3.05) is 0 Å². The first-order chi connectivity index (χ1) is 15.8. The number of hydrogen-bond donors (Lipinski definition) is 1. The maximum Gasteiger partial charge on any atom is 0.247 e. The molecule has 0 aromatic heterocycles. The van der Waals surface area contributed by atoms with Crippen LogP contribution in [-0.2, 0) is 16.1 Å². The summed E-state index contributed by atoms with van der Waals surface area (Å²) in [6, 6.07) is 16.2. The van der Waals surface area contributed by atoms with Crippen LogP contribution in [0.1, 0.15) is 48.6 Å². The van der Waals surface area contributed by atoms with Crippen LogP contribution >= 0.6 is 0 Å². The van der Waals surface area contributed by atoms with Gasteiger partial charge in [0.2, 0.25) is 11.8 Å². The zero-order chi connectivity index (χ0) is 23.3.